The van der Waals surface area contributed by atoms with E-state index in [2.05, 4.69) is 15.9 Å². The molecule has 1 heterocycles. The molecule has 0 saturated heterocycles. The molecule has 0 saturated carbocycles. The number of fused-ring (bicyclic) bond motifs is 1. The first-order valence-electron chi connectivity index (χ1n) is 4.03. The summed E-state index contributed by atoms with van der Waals surface area (Å²) in [7, 11) is 0. The predicted octanol–water partition coefficient (Wildman–Crippen LogP) is 4.02. The Morgan fingerprint density at radius 1 is 1.57 bits per heavy atom. The fourth-order valence-electron chi connectivity index (χ4n) is 1.25. The molecule has 1 atom stereocenters. The number of hydrogen-bond donors (Lipinski definition) is 0. The van der Waals surface area contributed by atoms with Gasteiger partial charge in [0.25, 0.3) is 0 Å². The van der Waals surface area contributed by atoms with Crippen LogP contribution in [0.5, 0.6) is 0 Å². The molecule has 0 fully saturated rings. The number of alkyl halides is 1. The van der Waals surface area contributed by atoms with Crippen LogP contribution in [0.4, 0.5) is 4.39 Å². The van der Waals surface area contributed by atoms with Crippen LogP contribution in [0, 0.1) is 0 Å². The lowest BCUT2D eigenvalue weighted by atomic mass is 10.2. The number of halogens is 3. The maximum atomic E-state index is 13.2. The van der Waals surface area contributed by atoms with E-state index < -0.39 is 5.50 Å². The van der Waals surface area contributed by atoms with Crippen LogP contribution in [-0.2, 0) is 11.3 Å². The quantitative estimate of drug-likeness (QED) is 0.715. The molecule has 0 N–H and O–H groups in total. The van der Waals surface area contributed by atoms with E-state index in [1.807, 2.05) is 6.07 Å². The molecule has 5 heteroatoms. The summed E-state index contributed by atoms with van der Waals surface area (Å²) in [6.45, 7) is 0.502. The first kappa shape index (κ1) is 10.7. The number of hydrogen-bond acceptors (Lipinski definition) is 2. The minimum Gasteiger partial charge on any atom is -0.373 e. The number of ether oxygens (including phenoxy) is 1. The normalized spacial score (nSPS) is 21.5. The van der Waals surface area contributed by atoms with E-state index in [-0.39, 0.29) is 6.61 Å². The Kier molecular flexibility index (Phi) is 3.37. The number of benzene rings is 1. The first-order chi connectivity index (χ1) is 6.66. The topological polar surface area (TPSA) is 9.23 Å². The van der Waals surface area contributed by atoms with Crippen LogP contribution < -0.4 is 0 Å². The molecule has 76 valence electrons. The average molecular weight is 298 g/mol. The molecule has 1 aliphatic heterocycles. The van der Waals surface area contributed by atoms with Crippen LogP contribution >= 0.6 is 39.3 Å². The molecule has 0 bridgehead atoms. The third-order valence-corrected chi connectivity index (χ3v) is 3.67. The van der Waals surface area contributed by atoms with E-state index in [1.54, 1.807) is 6.07 Å². The highest BCUT2D eigenvalue weighted by Gasteiger charge is 2.19. The summed E-state index contributed by atoms with van der Waals surface area (Å²) in [5.74, 6) is 0. The Morgan fingerprint density at radius 2 is 2.36 bits per heavy atom. The van der Waals surface area contributed by atoms with Crippen molar-refractivity contribution in [2.45, 2.75) is 17.0 Å². The van der Waals surface area contributed by atoms with Gasteiger partial charge in [-0.15, -0.1) is 0 Å². The molecule has 0 amide bonds. The molecule has 0 aromatic heterocycles. The summed E-state index contributed by atoms with van der Waals surface area (Å²) in [6, 6.07) is 3.66. The monoisotopic (exact) mass is 296 g/mol. The number of rotatable bonds is 0. The Bertz CT molecular complexity index is 361. The van der Waals surface area contributed by atoms with Gasteiger partial charge in [0, 0.05) is 20.0 Å². The minimum absolute atomic E-state index is 0.118. The summed E-state index contributed by atoms with van der Waals surface area (Å²) >= 11 is 10.5. The molecule has 1 nitrogen and oxygen atoms in total. The van der Waals surface area contributed by atoms with E-state index >= 15 is 0 Å². The summed E-state index contributed by atoms with van der Waals surface area (Å²) in [6.07, 6.45) is 0. The van der Waals surface area contributed by atoms with Crippen LogP contribution in [0.15, 0.2) is 21.5 Å². The van der Waals surface area contributed by atoms with E-state index in [0.717, 1.165) is 26.7 Å². The SMILES string of the molecule is FC1COCc2c(Cl)cc(Br)cc2S1. The van der Waals surface area contributed by atoms with Gasteiger partial charge in [-0.2, -0.15) is 0 Å². The van der Waals surface area contributed by atoms with Gasteiger partial charge in [-0.1, -0.05) is 39.3 Å². The Morgan fingerprint density at radius 3 is 3.14 bits per heavy atom. The Balaban J connectivity index is 2.45. The van der Waals surface area contributed by atoms with Gasteiger partial charge in [0.1, 0.15) is 0 Å². The second-order valence-electron chi connectivity index (χ2n) is 2.91. The zero-order chi connectivity index (χ0) is 10.1. The van der Waals surface area contributed by atoms with E-state index in [0.29, 0.717) is 11.6 Å². The van der Waals surface area contributed by atoms with Gasteiger partial charge in [-0.25, -0.2) is 4.39 Å². The zero-order valence-corrected chi connectivity index (χ0v) is 10.3. The summed E-state index contributed by atoms with van der Waals surface area (Å²) < 4.78 is 19.2. The minimum atomic E-state index is -1.01. The molecule has 14 heavy (non-hydrogen) atoms. The molecule has 1 unspecified atom stereocenters. The second-order valence-corrected chi connectivity index (χ2v) is 5.42. The smallest absolute Gasteiger partial charge is 0.173 e. The lowest BCUT2D eigenvalue weighted by Crippen LogP contribution is -2.01. The molecule has 0 spiro atoms. The van der Waals surface area contributed by atoms with Crippen molar-refractivity contribution < 1.29 is 9.13 Å². The molecule has 1 aliphatic rings. The van der Waals surface area contributed by atoms with Gasteiger partial charge in [0.2, 0.25) is 0 Å². The fourth-order valence-corrected chi connectivity index (χ4v) is 3.27. The molecular formula is C9H7BrClFOS. The molecule has 1 aromatic rings. The third kappa shape index (κ3) is 2.24. The van der Waals surface area contributed by atoms with Crippen LogP contribution in [0.2, 0.25) is 5.02 Å². The van der Waals surface area contributed by atoms with Crippen LogP contribution in [0.1, 0.15) is 5.56 Å². The van der Waals surface area contributed by atoms with Gasteiger partial charge in [-0.05, 0) is 12.1 Å². The van der Waals surface area contributed by atoms with Gasteiger partial charge in [0.15, 0.2) is 5.50 Å². The summed E-state index contributed by atoms with van der Waals surface area (Å²) in [5, 5.41) is 0.621. The van der Waals surface area contributed by atoms with Crippen molar-refractivity contribution in [2.75, 3.05) is 6.61 Å². The molecule has 2 rings (SSSR count). The lowest BCUT2D eigenvalue weighted by Gasteiger charge is -2.07. The van der Waals surface area contributed by atoms with Gasteiger partial charge < -0.3 is 4.74 Å². The summed E-state index contributed by atoms with van der Waals surface area (Å²) in [4.78, 5) is 0.856. The van der Waals surface area contributed by atoms with Crippen molar-refractivity contribution >= 4 is 39.3 Å². The molecular weight excluding hydrogens is 291 g/mol. The maximum Gasteiger partial charge on any atom is 0.173 e. The maximum absolute atomic E-state index is 13.2. The van der Waals surface area contributed by atoms with E-state index in [4.69, 9.17) is 16.3 Å². The van der Waals surface area contributed by atoms with Crippen molar-refractivity contribution in [3.05, 3.63) is 27.2 Å². The van der Waals surface area contributed by atoms with E-state index in [9.17, 15) is 4.39 Å². The first-order valence-corrected chi connectivity index (χ1v) is 6.08. The van der Waals surface area contributed by atoms with Crippen LogP contribution in [0.25, 0.3) is 0 Å². The number of thioether (sulfide) groups is 1. The third-order valence-electron chi connectivity index (χ3n) is 1.87. The lowest BCUT2D eigenvalue weighted by molar-refractivity contribution is 0.0988. The average Bonchev–Trinajstić information content (AvgIpc) is 2.25. The van der Waals surface area contributed by atoms with Gasteiger partial charge in [-0.3, -0.25) is 0 Å². The van der Waals surface area contributed by atoms with Crippen LogP contribution in [-0.4, -0.2) is 12.1 Å². The van der Waals surface area contributed by atoms with Crippen molar-refractivity contribution in [3.8, 4) is 0 Å². The predicted molar refractivity (Wildman–Crippen MR) is 59.6 cm³/mol. The molecule has 0 radical (unpaired) electrons. The van der Waals surface area contributed by atoms with Crippen molar-refractivity contribution in [1.82, 2.24) is 0 Å². The zero-order valence-electron chi connectivity index (χ0n) is 7.10. The van der Waals surface area contributed by atoms with Crippen molar-refractivity contribution in [1.29, 1.82) is 0 Å². The van der Waals surface area contributed by atoms with Crippen molar-refractivity contribution in [3.63, 3.8) is 0 Å². The standard InChI is InChI=1S/C9H7BrClFOS/c10-5-1-7(11)6-3-13-4-9(12)14-8(6)2-5/h1-2,9H,3-4H2. The van der Waals surface area contributed by atoms with Crippen molar-refractivity contribution in [2.24, 2.45) is 0 Å². The largest absolute Gasteiger partial charge is 0.373 e. The summed E-state index contributed by atoms with van der Waals surface area (Å²) in [5.41, 5.74) is -0.137. The molecule has 0 aliphatic carbocycles. The Hall–Kier alpha value is 0.230. The molecule has 1 aromatic carbocycles. The highest BCUT2D eigenvalue weighted by Crippen LogP contribution is 2.37. The highest BCUT2D eigenvalue weighted by atomic mass is 79.9. The van der Waals surface area contributed by atoms with Gasteiger partial charge >= 0.3 is 0 Å². The fraction of sp³-hybridized carbons (Fsp3) is 0.333. The Labute approximate surface area is 99.1 Å². The van der Waals surface area contributed by atoms with Crippen LogP contribution in [0.3, 0.4) is 0 Å². The van der Waals surface area contributed by atoms with E-state index in [1.165, 1.54) is 0 Å². The highest BCUT2D eigenvalue weighted by molar-refractivity contribution is 9.10. The second kappa shape index (κ2) is 4.39. The van der Waals surface area contributed by atoms with Gasteiger partial charge in [0.05, 0.1) is 13.2 Å².